The molecule has 9 heteroatoms. The van der Waals surface area contributed by atoms with Crippen molar-refractivity contribution in [1.29, 1.82) is 0 Å². The van der Waals surface area contributed by atoms with Crippen molar-refractivity contribution in [2.75, 3.05) is 5.32 Å². The lowest BCUT2D eigenvalue weighted by Gasteiger charge is -2.16. The van der Waals surface area contributed by atoms with Gasteiger partial charge in [0.2, 0.25) is 5.91 Å². The molecule has 0 fully saturated rings. The van der Waals surface area contributed by atoms with Crippen LogP contribution in [0.5, 0.6) is 5.75 Å². The Balaban J connectivity index is 2.03. The average Bonchev–Trinajstić information content (AvgIpc) is 2.61. The van der Waals surface area contributed by atoms with Gasteiger partial charge in [0.05, 0.1) is 6.04 Å². The van der Waals surface area contributed by atoms with Gasteiger partial charge < -0.3 is 15.4 Å². The third-order valence-corrected chi connectivity index (χ3v) is 3.76. The van der Waals surface area contributed by atoms with Gasteiger partial charge in [0.25, 0.3) is 5.91 Å². The van der Waals surface area contributed by atoms with E-state index >= 15 is 0 Å². The number of amides is 2. The Labute approximate surface area is 160 Å². The highest BCUT2D eigenvalue weighted by molar-refractivity contribution is 5.97. The van der Waals surface area contributed by atoms with Crippen molar-refractivity contribution >= 4 is 17.6 Å². The Bertz CT molecular complexity index is 836. The number of aromatic nitrogens is 1. The number of benzene rings is 1. The lowest BCUT2D eigenvalue weighted by atomic mass is 10.1. The highest BCUT2D eigenvalue weighted by Gasteiger charge is 2.31. The minimum absolute atomic E-state index is 0.223. The number of rotatable bonds is 6. The number of halogens is 3. The topological polar surface area (TPSA) is 80.3 Å². The molecule has 0 unspecified atom stereocenters. The number of hydrogen-bond donors (Lipinski definition) is 2. The standard InChI is InChI=1S/C19H20F3N3O3/c1-11(2)17(26)25-16-10-14(8-9-23-16)18(27)24-12(3)13-4-6-15(7-5-13)28-19(20,21)22/h4-12H,1-3H3,(H,24,27)(H,23,25,26)/t12-/m1/s1. The Morgan fingerprint density at radius 3 is 2.29 bits per heavy atom. The van der Waals surface area contributed by atoms with Crippen molar-refractivity contribution in [3.8, 4) is 5.75 Å². The summed E-state index contributed by atoms with van der Waals surface area (Å²) in [5, 5.41) is 5.35. The average molecular weight is 395 g/mol. The monoisotopic (exact) mass is 395 g/mol. The Morgan fingerprint density at radius 1 is 1.07 bits per heavy atom. The van der Waals surface area contributed by atoms with Gasteiger partial charge in [0, 0.05) is 17.7 Å². The minimum atomic E-state index is -4.76. The number of carbonyl (C=O) groups is 2. The summed E-state index contributed by atoms with van der Waals surface area (Å²) in [5.74, 6) is -0.948. The third kappa shape index (κ3) is 6.26. The molecule has 1 aromatic carbocycles. The summed E-state index contributed by atoms with van der Waals surface area (Å²) < 4.78 is 40.4. The first kappa shape index (κ1) is 21.2. The van der Waals surface area contributed by atoms with Crippen LogP contribution >= 0.6 is 0 Å². The normalized spacial score (nSPS) is 12.4. The van der Waals surface area contributed by atoms with E-state index in [4.69, 9.17) is 0 Å². The highest BCUT2D eigenvalue weighted by atomic mass is 19.4. The van der Waals surface area contributed by atoms with Crippen molar-refractivity contribution in [2.45, 2.75) is 33.2 Å². The molecular weight excluding hydrogens is 375 g/mol. The van der Waals surface area contributed by atoms with Gasteiger partial charge >= 0.3 is 6.36 Å². The number of alkyl halides is 3. The molecule has 0 bridgehead atoms. The van der Waals surface area contributed by atoms with Gasteiger partial charge in [-0.05, 0) is 36.8 Å². The van der Waals surface area contributed by atoms with Gasteiger partial charge in [-0.15, -0.1) is 13.2 Å². The Hall–Kier alpha value is -3.10. The molecular formula is C19H20F3N3O3. The third-order valence-electron chi connectivity index (χ3n) is 3.76. The van der Waals surface area contributed by atoms with E-state index in [9.17, 15) is 22.8 Å². The lowest BCUT2D eigenvalue weighted by Crippen LogP contribution is -2.27. The molecule has 0 radical (unpaired) electrons. The fourth-order valence-electron chi connectivity index (χ4n) is 2.23. The number of hydrogen-bond acceptors (Lipinski definition) is 4. The van der Waals surface area contributed by atoms with E-state index in [2.05, 4.69) is 20.4 Å². The van der Waals surface area contributed by atoms with Gasteiger partial charge in [-0.3, -0.25) is 9.59 Å². The van der Waals surface area contributed by atoms with E-state index in [0.717, 1.165) is 0 Å². The summed E-state index contributed by atoms with van der Waals surface area (Å²) in [7, 11) is 0. The highest BCUT2D eigenvalue weighted by Crippen LogP contribution is 2.24. The van der Waals surface area contributed by atoms with E-state index in [0.29, 0.717) is 5.56 Å². The molecule has 2 aromatic rings. The SMILES string of the molecule is CC(C)C(=O)Nc1cc(C(=O)N[C@H](C)c2ccc(OC(F)(F)F)cc2)ccn1. The van der Waals surface area contributed by atoms with E-state index < -0.39 is 18.3 Å². The van der Waals surface area contributed by atoms with Crippen LogP contribution in [0.2, 0.25) is 0 Å². The summed E-state index contributed by atoms with van der Waals surface area (Å²) in [5.41, 5.74) is 0.892. The van der Waals surface area contributed by atoms with Gasteiger partial charge in [0.1, 0.15) is 11.6 Å². The predicted molar refractivity (Wildman–Crippen MR) is 96.7 cm³/mol. The van der Waals surface area contributed by atoms with Crippen molar-refractivity contribution in [3.05, 3.63) is 53.7 Å². The fraction of sp³-hybridized carbons (Fsp3) is 0.316. The van der Waals surface area contributed by atoms with Crippen LogP contribution in [0, 0.1) is 5.92 Å². The van der Waals surface area contributed by atoms with Crippen LogP contribution in [0.1, 0.15) is 42.7 Å². The predicted octanol–water partition coefficient (Wildman–Crippen LogP) is 4.07. The van der Waals surface area contributed by atoms with Crippen LogP contribution < -0.4 is 15.4 Å². The number of anilines is 1. The molecule has 1 heterocycles. The van der Waals surface area contributed by atoms with Crippen molar-refractivity contribution in [2.24, 2.45) is 5.92 Å². The Kier molecular flexibility index (Phi) is 6.61. The first-order chi connectivity index (χ1) is 13.0. The van der Waals surface area contributed by atoms with Crippen LogP contribution in [0.15, 0.2) is 42.6 Å². The van der Waals surface area contributed by atoms with E-state index in [1.807, 2.05) is 0 Å². The summed E-state index contributed by atoms with van der Waals surface area (Å²) in [6.07, 6.45) is -3.36. The molecule has 28 heavy (non-hydrogen) atoms. The molecule has 0 saturated heterocycles. The van der Waals surface area contributed by atoms with Crippen LogP contribution in [0.3, 0.4) is 0 Å². The van der Waals surface area contributed by atoms with Gasteiger partial charge in [-0.1, -0.05) is 26.0 Å². The van der Waals surface area contributed by atoms with E-state index in [-0.39, 0.29) is 29.0 Å². The number of ether oxygens (including phenoxy) is 1. The summed E-state index contributed by atoms with van der Waals surface area (Å²) in [4.78, 5) is 28.2. The lowest BCUT2D eigenvalue weighted by molar-refractivity contribution is -0.274. The zero-order valence-corrected chi connectivity index (χ0v) is 15.5. The molecule has 0 aliphatic heterocycles. The van der Waals surface area contributed by atoms with Crippen LogP contribution in [-0.2, 0) is 4.79 Å². The second-order valence-electron chi connectivity index (χ2n) is 6.39. The maximum Gasteiger partial charge on any atom is 0.573 e. The van der Waals surface area contributed by atoms with Crippen molar-refractivity contribution in [1.82, 2.24) is 10.3 Å². The molecule has 0 spiro atoms. The van der Waals surface area contributed by atoms with Crippen LogP contribution in [-0.4, -0.2) is 23.2 Å². The van der Waals surface area contributed by atoms with Crippen LogP contribution in [0.25, 0.3) is 0 Å². The second-order valence-corrected chi connectivity index (χ2v) is 6.39. The number of carbonyl (C=O) groups excluding carboxylic acids is 2. The van der Waals surface area contributed by atoms with Gasteiger partial charge in [-0.25, -0.2) is 4.98 Å². The fourth-order valence-corrected chi connectivity index (χ4v) is 2.23. The molecule has 0 aliphatic rings. The molecule has 1 atom stereocenters. The largest absolute Gasteiger partial charge is 0.573 e. The van der Waals surface area contributed by atoms with E-state index in [1.54, 1.807) is 20.8 Å². The molecule has 2 amide bonds. The maximum absolute atomic E-state index is 12.4. The van der Waals surface area contributed by atoms with Gasteiger partial charge in [-0.2, -0.15) is 0 Å². The molecule has 1 aromatic heterocycles. The summed E-state index contributed by atoms with van der Waals surface area (Å²) in [6.45, 7) is 5.16. The molecule has 0 aliphatic carbocycles. The summed E-state index contributed by atoms with van der Waals surface area (Å²) in [6, 6.07) is 7.71. The van der Waals surface area contributed by atoms with Gasteiger partial charge in [0.15, 0.2) is 0 Å². The second kappa shape index (κ2) is 8.73. The Morgan fingerprint density at radius 2 is 1.71 bits per heavy atom. The van der Waals surface area contributed by atoms with Crippen LogP contribution in [0.4, 0.5) is 19.0 Å². The molecule has 2 N–H and O–H groups in total. The first-order valence-electron chi connectivity index (χ1n) is 8.48. The molecule has 150 valence electrons. The first-order valence-corrected chi connectivity index (χ1v) is 8.48. The maximum atomic E-state index is 12.4. The van der Waals surface area contributed by atoms with Crippen molar-refractivity contribution < 1.29 is 27.5 Å². The molecule has 0 saturated carbocycles. The molecule has 2 rings (SSSR count). The summed E-state index contributed by atoms with van der Waals surface area (Å²) >= 11 is 0. The number of nitrogens with zero attached hydrogens (tertiary/aromatic N) is 1. The molecule has 6 nitrogen and oxygen atoms in total. The zero-order chi connectivity index (χ0) is 20.9. The smallest absolute Gasteiger partial charge is 0.406 e. The zero-order valence-electron chi connectivity index (χ0n) is 15.5. The number of nitrogens with one attached hydrogen (secondary N) is 2. The quantitative estimate of drug-likeness (QED) is 0.773. The van der Waals surface area contributed by atoms with Crippen molar-refractivity contribution in [3.63, 3.8) is 0 Å². The number of pyridine rings is 1. The van der Waals surface area contributed by atoms with E-state index in [1.165, 1.54) is 42.6 Å². The minimum Gasteiger partial charge on any atom is -0.406 e.